The molecule has 2 unspecified atom stereocenters. The van der Waals surface area contributed by atoms with Crippen LogP contribution in [-0.2, 0) is 9.59 Å². The topological polar surface area (TPSA) is 52.6 Å². The average Bonchev–Trinajstić information content (AvgIpc) is 2.74. The van der Waals surface area contributed by atoms with Gasteiger partial charge in [0, 0.05) is 12.2 Å². The van der Waals surface area contributed by atoms with E-state index in [-0.39, 0.29) is 0 Å². The molecule has 0 aromatic heterocycles. The number of benzene rings is 2. The van der Waals surface area contributed by atoms with Gasteiger partial charge in [-0.2, -0.15) is 0 Å². The van der Waals surface area contributed by atoms with Gasteiger partial charge in [0.25, 0.3) is 0 Å². The lowest BCUT2D eigenvalue weighted by Crippen LogP contribution is -2.16. The number of carbonyl (C=O) groups excluding carboxylic acids is 2. The SMILES string of the molecule is C=CC(=O)Oc1ccc(C2CCCCC2c2ccc(OC(=O)C=C)cc2)cc1. The monoisotopic (exact) mass is 376 g/mol. The van der Waals surface area contributed by atoms with Crippen molar-refractivity contribution in [1.82, 2.24) is 0 Å². The van der Waals surface area contributed by atoms with E-state index in [0.29, 0.717) is 23.3 Å². The molecule has 4 heteroatoms. The molecule has 1 aliphatic carbocycles. The Balaban J connectivity index is 1.76. The zero-order valence-corrected chi connectivity index (χ0v) is 15.8. The van der Waals surface area contributed by atoms with Gasteiger partial charge in [-0.15, -0.1) is 0 Å². The summed E-state index contributed by atoms with van der Waals surface area (Å²) in [5, 5.41) is 0. The third-order valence-electron chi connectivity index (χ3n) is 5.15. The van der Waals surface area contributed by atoms with Crippen LogP contribution in [0.5, 0.6) is 11.5 Å². The van der Waals surface area contributed by atoms with Gasteiger partial charge >= 0.3 is 11.9 Å². The fourth-order valence-electron chi connectivity index (χ4n) is 3.81. The molecule has 3 rings (SSSR count). The van der Waals surface area contributed by atoms with Gasteiger partial charge in [-0.1, -0.05) is 50.3 Å². The van der Waals surface area contributed by atoms with Crippen molar-refractivity contribution in [3.8, 4) is 11.5 Å². The van der Waals surface area contributed by atoms with Crippen molar-refractivity contribution < 1.29 is 19.1 Å². The molecule has 0 spiro atoms. The zero-order chi connectivity index (χ0) is 19.9. The second kappa shape index (κ2) is 9.18. The first-order valence-electron chi connectivity index (χ1n) is 9.49. The van der Waals surface area contributed by atoms with Crippen LogP contribution < -0.4 is 9.47 Å². The molecule has 1 saturated carbocycles. The van der Waals surface area contributed by atoms with Gasteiger partial charge in [0.1, 0.15) is 11.5 Å². The van der Waals surface area contributed by atoms with Gasteiger partial charge < -0.3 is 9.47 Å². The number of rotatable bonds is 6. The molecule has 4 nitrogen and oxygen atoms in total. The van der Waals surface area contributed by atoms with Crippen LogP contribution in [0.25, 0.3) is 0 Å². The van der Waals surface area contributed by atoms with Crippen molar-refractivity contribution in [3.63, 3.8) is 0 Å². The van der Waals surface area contributed by atoms with Crippen LogP contribution in [0.3, 0.4) is 0 Å². The Labute approximate surface area is 165 Å². The molecule has 1 aliphatic rings. The van der Waals surface area contributed by atoms with E-state index in [1.807, 2.05) is 48.5 Å². The summed E-state index contributed by atoms with van der Waals surface area (Å²) in [4.78, 5) is 22.7. The van der Waals surface area contributed by atoms with E-state index in [2.05, 4.69) is 13.2 Å². The summed E-state index contributed by atoms with van der Waals surface area (Å²) in [5.74, 6) is 0.934. The number of ether oxygens (including phenoxy) is 2. The fraction of sp³-hybridized carbons (Fsp3) is 0.250. The second-order valence-electron chi connectivity index (χ2n) is 6.89. The Kier molecular flexibility index (Phi) is 6.43. The van der Waals surface area contributed by atoms with Gasteiger partial charge in [-0.05, 0) is 60.1 Å². The molecule has 0 amide bonds. The minimum Gasteiger partial charge on any atom is -0.423 e. The molecule has 0 saturated heterocycles. The van der Waals surface area contributed by atoms with Crippen LogP contribution in [-0.4, -0.2) is 11.9 Å². The van der Waals surface area contributed by atoms with Crippen LogP contribution >= 0.6 is 0 Å². The van der Waals surface area contributed by atoms with E-state index in [0.717, 1.165) is 25.0 Å². The van der Waals surface area contributed by atoms with Crippen LogP contribution in [0.1, 0.15) is 48.6 Å². The van der Waals surface area contributed by atoms with Crippen molar-refractivity contribution >= 4 is 11.9 Å². The smallest absolute Gasteiger partial charge is 0.335 e. The zero-order valence-electron chi connectivity index (χ0n) is 15.8. The van der Waals surface area contributed by atoms with Crippen molar-refractivity contribution in [2.24, 2.45) is 0 Å². The van der Waals surface area contributed by atoms with Crippen molar-refractivity contribution in [2.45, 2.75) is 37.5 Å². The first-order valence-corrected chi connectivity index (χ1v) is 9.49. The predicted molar refractivity (Wildman–Crippen MR) is 108 cm³/mol. The van der Waals surface area contributed by atoms with Gasteiger partial charge in [0.05, 0.1) is 0 Å². The molecular formula is C24H24O4. The Morgan fingerprint density at radius 1 is 0.714 bits per heavy atom. The molecular weight excluding hydrogens is 352 g/mol. The molecule has 2 atom stereocenters. The Morgan fingerprint density at radius 2 is 1.07 bits per heavy atom. The van der Waals surface area contributed by atoms with Gasteiger partial charge in [-0.3, -0.25) is 0 Å². The summed E-state index contributed by atoms with van der Waals surface area (Å²) < 4.78 is 10.3. The molecule has 0 heterocycles. The lowest BCUT2D eigenvalue weighted by Gasteiger charge is -2.32. The standard InChI is InChI=1S/C24H24O4/c1-3-23(25)27-19-13-9-17(10-14-19)21-7-5-6-8-22(21)18-11-15-20(16-12-18)28-24(26)4-2/h3-4,9-16,21-22H,1-2,5-8H2. The van der Waals surface area contributed by atoms with Crippen molar-refractivity contribution in [3.05, 3.63) is 85.0 Å². The highest BCUT2D eigenvalue weighted by Crippen LogP contribution is 2.44. The minimum atomic E-state index is -0.458. The highest BCUT2D eigenvalue weighted by molar-refractivity contribution is 5.83. The number of hydrogen-bond donors (Lipinski definition) is 0. The molecule has 0 N–H and O–H groups in total. The Hall–Kier alpha value is -3.14. The van der Waals surface area contributed by atoms with E-state index >= 15 is 0 Å². The van der Waals surface area contributed by atoms with Crippen molar-refractivity contribution in [1.29, 1.82) is 0 Å². The summed E-state index contributed by atoms with van der Waals surface area (Å²) in [6.07, 6.45) is 6.93. The third-order valence-corrected chi connectivity index (χ3v) is 5.15. The molecule has 0 aliphatic heterocycles. The lowest BCUT2D eigenvalue weighted by atomic mass is 9.72. The molecule has 144 valence electrons. The highest BCUT2D eigenvalue weighted by Gasteiger charge is 2.28. The van der Waals surface area contributed by atoms with Crippen molar-refractivity contribution in [2.75, 3.05) is 0 Å². The minimum absolute atomic E-state index is 0.402. The molecule has 2 aromatic rings. The molecule has 2 aromatic carbocycles. The van der Waals surface area contributed by atoms with Gasteiger partial charge in [0.15, 0.2) is 0 Å². The second-order valence-corrected chi connectivity index (χ2v) is 6.89. The summed E-state index contributed by atoms with van der Waals surface area (Å²) in [5.41, 5.74) is 2.48. The summed E-state index contributed by atoms with van der Waals surface area (Å²) in [7, 11) is 0. The van der Waals surface area contributed by atoms with E-state index in [1.165, 1.54) is 24.0 Å². The van der Waals surface area contributed by atoms with Crippen LogP contribution in [0.2, 0.25) is 0 Å². The predicted octanol–water partition coefficient (Wildman–Crippen LogP) is 5.31. The fourth-order valence-corrected chi connectivity index (χ4v) is 3.81. The maximum Gasteiger partial charge on any atom is 0.335 e. The van der Waals surface area contributed by atoms with E-state index < -0.39 is 11.9 Å². The summed E-state index contributed by atoms with van der Waals surface area (Å²) >= 11 is 0. The maximum absolute atomic E-state index is 11.3. The number of hydrogen-bond acceptors (Lipinski definition) is 4. The van der Waals surface area contributed by atoms with Gasteiger partial charge in [0.2, 0.25) is 0 Å². The molecule has 28 heavy (non-hydrogen) atoms. The van der Waals surface area contributed by atoms with E-state index in [1.54, 1.807) is 0 Å². The van der Waals surface area contributed by atoms with Crippen LogP contribution in [0.4, 0.5) is 0 Å². The normalized spacial score (nSPS) is 18.7. The lowest BCUT2D eigenvalue weighted by molar-refractivity contribution is -0.129. The van der Waals surface area contributed by atoms with E-state index in [9.17, 15) is 9.59 Å². The Bertz CT molecular complexity index is 776. The molecule has 0 bridgehead atoms. The molecule has 0 radical (unpaired) electrons. The number of esters is 2. The number of carbonyl (C=O) groups is 2. The average molecular weight is 376 g/mol. The molecule has 1 fully saturated rings. The largest absolute Gasteiger partial charge is 0.423 e. The van der Waals surface area contributed by atoms with Crippen LogP contribution in [0, 0.1) is 0 Å². The first kappa shape index (κ1) is 19.6. The van der Waals surface area contributed by atoms with Crippen LogP contribution in [0.15, 0.2) is 73.8 Å². The quantitative estimate of drug-likeness (QED) is 0.389. The van der Waals surface area contributed by atoms with E-state index in [4.69, 9.17) is 9.47 Å². The Morgan fingerprint density at radius 3 is 1.39 bits per heavy atom. The first-order chi connectivity index (χ1) is 13.6. The highest BCUT2D eigenvalue weighted by atomic mass is 16.5. The summed E-state index contributed by atoms with van der Waals surface area (Å²) in [6, 6.07) is 15.5. The van der Waals surface area contributed by atoms with Gasteiger partial charge in [-0.25, -0.2) is 9.59 Å². The maximum atomic E-state index is 11.3. The summed E-state index contributed by atoms with van der Waals surface area (Å²) in [6.45, 7) is 6.82. The third kappa shape index (κ3) is 4.77.